The maximum absolute atomic E-state index is 12.3. The second-order valence-corrected chi connectivity index (χ2v) is 10.5. The van der Waals surface area contributed by atoms with Gasteiger partial charge in [0.2, 0.25) is 5.91 Å². The number of amides is 1. The number of carboxylic acids is 1. The van der Waals surface area contributed by atoms with E-state index in [0.717, 1.165) is 36.9 Å². The van der Waals surface area contributed by atoms with Crippen LogP contribution >= 0.6 is 0 Å². The molecule has 2 aliphatic rings. The molecule has 1 N–H and O–H groups in total. The van der Waals surface area contributed by atoms with E-state index in [0.29, 0.717) is 13.0 Å². The minimum Gasteiger partial charge on any atom is -0.478 e. The van der Waals surface area contributed by atoms with Gasteiger partial charge in [0.25, 0.3) is 0 Å². The zero-order valence-corrected chi connectivity index (χ0v) is 19.6. The van der Waals surface area contributed by atoms with Crippen molar-refractivity contribution in [1.82, 2.24) is 4.90 Å². The number of carbonyl (C=O) groups excluding carboxylic acids is 1. The van der Waals surface area contributed by atoms with Crippen LogP contribution in [0.25, 0.3) is 12.2 Å². The van der Waals surface area contributed by atoms with Crippen molar-refractivity contribution >= 4 is 24.0 Å². The summed E-state index contributed by atoms with van der Waals surface area (Å²) in [5.74, 6) is -0.681. The summed E-state index contributed by atoms with van der Waals surface area (Å²) in [7, 11) is 0. The van der Waals surface area contributed by atoms with Crippen LogP contribution in [0.4, 0.5) is 0 Å². The molecule has 0 aromatic heterocycles. The lowest BCUT2D eigenvalue weighted by Crippen LogP contribution is -2.34. The van der Waals surface area contributed by atoms with E-state index < -0.39 is 5.97 Å². The summed E-state index contributed by atoms with van der Waals surface area (Å²) in [6, 6.07) is 11.6. The van der Waals surface area contributed by atoms with Gasteiger partial charge in [-0.1, -0.05) is 64.1 Å². The Hall–Kier alpha value is -2.88. The molecule has 0 bridgehead atoms. The fourth-order valence-electron chi connectivity index (χ4n) is 4.97. The van der Waals surface area contributed by atoms with Gasteiger partial charge in [-0.2, -0.15) is 0 Å². The number of fused-ring (bicyclic) bond motifs is 1. The highest BCUT2D eigenvalue weighted by Gasteiger charge is 2.37. The molecule has 0 spiro atoms. The summed E-state index contributed by atoms with van der Waals surface area (Å²) in [6.45, 7) is 10.8. The predicted molar refractivity (Wildman–Crippen MR) is 129 cm³/mol. The van der Waals surface area contributed by atoms with Gasteiger partial charge in [0, 0.05) is 19.5 Å². The van der Waals surface area contributed by atoms with Gasteiger partial charge < -0.3 is 10.0 Å². The van der Waals surface area contributed by atoms with Crippen molar-refractivity contribution in [3.63, 3.8) is 0 Å². The molecule has 1 amide bonds. The van der Waals surface area contributed by atoms with Crippen molar-refractivity contribution in [1.29, 1.82) is 0 Å². The van der Waals surface area contributed by atoms with E-state index in [1.807, 2.05) is 23.1 Å². The normalized spacial score (nSPS) is 19.4. The van der Waals surface area contributed by atoms with E-state index in [1.54, 1.807) is 12.1 Å². The van der Waals surface area contributed by atoms with Gasteiger partial charge >= 0.3 is 5.97 Å². The number of hydrogen-bond donors (Lipinski definition) is 1. The van der Waals surface area contributed by atoms with Gasteiger partial charge in [-0.3, -0.25) is 4.79 Å². The summed E-state index contributed by atoms with van der Waals surface area (Å²) < 4.78 is 0. The Balaban J connectivity index is 1.76. The van der Waals surface area contributed by atoms with Crippen LogP contribution in [0.5, 0.6) is 0 Å². The Bertz CT molecular complexity index is 1080. The van der Waals surface area contributed by atoms with Gasteiger partial charge in [0.05, 0.1) is 5.56 Å². The summed E-state index contributed by atoms with van der Waals surface area (Å²) in [4.78, 5) is 25.4. The fraction of sp³-hybridized carbons (Fsp3) is 0.429. The highest BCUT2D eigenvalue weighted by atomic mass is 16.4. The number of rotatable bonds is 5. The van der Waals surface area contributed by atoms with Crippen LogP contribution in [-0.2, 0) is 22.2 Å². The molecule has 4 nitrogen and oxygen atoms in total. The molecular weight excluding hydrogens is 398 g/mol. The van der Waals surface area contributed by atoms with Crippen molar-refractivity contribution in [2.24, 2.45) is 0 Å². The third-order valence-electron chi connectivity index (χ3n) is 7.26. The highest BCUT2D eigenvalue weighted by Crippen LogP contribution is 2.47. The van der Waals surface area contributed by atoms with Gasteiger partial charge in [0.1, 0.15) is 0 Å². The third-order valence-corrected chi connectivity index (χ3v) is 7.26. The number of carbonyl (C=O) groups is 2. The molecule has 168 valence electrons. The highest BCUT2D eigenvalue weighted by molar-refractivity contribution is 5.88. The molecule has 2 aromatic rings. The first kappa shape index (κ1) is 22.3. The molecule has 0 saturated carbocycles. The van der Waals surface area contributed by atoms with Crippen LogP contribution < -0.4 is 0 Å². The lowest BCUT2D eigenvalue weighted by molar-refractivity contribution is -0.128. The summed E-state index contributed by atoms with van der Waals surface area (Å²) in [6.07, 6.45) is 8.03. The molecule has 4 heteroatoms. The minimum atomic E-state index is -0.919. The quantitative estimate of drug-likeness (QED) is 0.588. The van der Waals surface area contributed by atoms with Crippen molar-refractivity contribution in [2.45, 2.75) is 70.8 Å². The van der Waals surface area contributed by atoms with E-state index in [1.165, 1.54) is 16.7 Å². The Kier molecular flexibility index (Phi) is 5.74. The smallest absolute Gasteiger partial charge is 0.335 e. The number of hydrogen-bond acceptors (Lipinski definition) is 2. The van der Waals surface area contributed by atoms with E-state index >= 15 is 0 Å². The van der Waals surface area contributed by atoms with Crippen LogP contribution in [0.3, 0.4) is 0 Å². The maximum Gasteiger partial charge on any atom is 0.335 e. The zero-order chi connectivity index (χ0) is 23.1. The van der Waals surface area contributed by atoms with Gasteiger partial charge in [-0.05, 0) is 70.0 Å². The molecule has 0 radical (unpaired) electrons. The van der Waals surface area contributed by atoms with Crippen LogP contribution in [0.1, 0.15) is 91.6 Å². The summed E-state index contributed by atoms with van der Waals surface area (Å²) in [5, 5.41) is 9.13. The minimum absolute atomic E-state index is 0.110. The molecule has 4 rings (SSSR count). The first-order valence-electron chi connectivity index (χ1n) is 11.5. The molecule has 32 heavy (non-hydrogen) atoms. The van der Waals surface area contributed by atoms with Gasteiger partial charge in [0.15, 0.2) is 0 Å². The van der Waals surface area contributed by atoms with Crippen LogP contribution in [-0.4, -0.2) is 28.4 Å². The van der Waals surface area contributed by atoms with Crippen molar-refractivity contribution < 1.29 is 14.7 Å². The van der Waals surface area contributed by atoms with Gasteiger partial charge in [-0.15, -0.1) is 0 Å². The van der Waals surface area contributed by atoms with Crippen molar-refractivity contribution in [3.05, 3.63) is 69.8 Å². The fourth-order valence-corrected chi connectivity index (χ4v) is 4.97. The van der Waals surface area contributed by atoms with E-state index in [-0.39, 0.29) is 22.3 Å². The number of likely N-dealkylation sites (tertiary alicyclic amines) is 1. The number of benzene rings is 2. The van der Waals surface area contributed by atoms with Crippen LogP contribution in [0.2, 0.25) is 0 Å². The molecule has 1 fully saturated rings. The summed E-state index contributed by atoms with van der Waals surface area (Å²) in [5.41, 5.74) is 6.58. The Morgan fingerprint density at radius 3 is 2.19 bits per heavy atom. The standard InChI is InChI=1S/C28H33NO3/c1-27(2)13-14-28(3,4)24-17-22(18-29-15-5-6-25(29)30)21(16-23(24)27)12-9-19-7-10-20(11-8-19)26(31)32/h7-12,16-17H,5-6,13-15,18H2,1-4H3,(H,31,32). The third kappa shape index (κ3) is 4.36. The topological polar surface area (TPSA) is 57.6 Å². The Morgan fingerprint density at radius 1 is 1.00 bits per heavy atom. The van der Waals surface area contributed by atoms with Crippen LogP contribution in [0.15, 0.2) is 36.4 Å². The zero-order valence-electron chi connectivity index (χ0n) is 19.6. The monoisotopic (exact) mass is 431 g/mol. The number of aromatic carboxylic acids is 1. The largest absolute Gasteiger partial charge is 0.478 e. The molecular formula is C28H33NO3. The van der Waals surface area contributed by atoms with E-state index in [4.69, 9.17) is 5.11 Å². The second-order valence-electron chi connectivity index (χ2n) is 10.5. The molecule has 0 atom stereocenters. The Morgan fingerprint density at radius 2 is 1.62 bits per heavy atom. The molecule has 1 heterocycles. The number of nitrogens with zero attached hydrogens (tertiary/aromatic N) is 1. The average Bonchev–Trinajstić information content (AvgIpc) is 3.15. The molecule has 2 aromatic carbocycles. The molecule has 1 saturated heterocycles. The molecule has 1 aliphatic heterocycles. The number of carboxylic acid groups (broad SMARTS) is 1. The molecule has 0 unspecified atom stereocenters. The summed E-state index contributed by atoms with van der Waals surface area (Å²) >= 11 is 0. The second kappa shape index (κ2) is 8.23. The average molecular weight is 432 g/mol. The molecule has 1 aliphatic carbocycles. The first-order chi connectivity index (χ1) is 15.1. The SMILES string of the molecule is CC1(C)CCC(C)(C)c2cc(CN3CCCC3=O)c(C=Cc3ccc(C(=O)O)cc3)cc21. The van der Waals surface area contributed by atoms with Gasteiger partial charge in [-0.25, -0.2) is 4.79 Å². The lowest BCUT2D eigenvalue weighted by atomic mass is 9.62. The van der Waals surface area contributed by atoms with Crippen molar-refractivity contribution in [3.8, 4) is 0 Å². The predicted octanol–water partition coefficient (Wildman–Crippen LogP) is 6.03. The van der Waals surface area contributed by atoms with E-state index in [9.17, 15) is 9.59 Å². The van der Waals surface area contributed by atoms with E-state index in [2.05, 4.69) is 45.9 Å². The first-order valence-corrected chi connectivity index (χ1v) is 11.5. The lowest BCUT2D eigenvalue weighted by Gasteiger charge is -2.42. The maximum atomic E-state index is 12.3. The Labute approximate surface area is 191 Å². The van der Waals surface area contributed by atoms with Crippen molar-refractivity contribution in [2.75, 3.05) is 6.54 Å². The van der Waals surface area contributed by atoms with Crippen LogP contribution in [0, 0.1) is 0 Å².